The molecule has 2 heterocycles. The Kier molecular flexibility index (Phi) is 5.83. The van der Waals surface area contributed by atoms with Crippen LogP contribution >= 0.6 is 22.9 Å². The van der Waals surface area contributed by atoms with Crippen LogP contribution in [0.4, 0.5) is 5.00 Å². The number of esters is 1. The second-order valence-corrected chi connectivity index (χ2v) is 7.17. The molecular weight excluding hydrogens is 400 g/mol. The Bertz CT molecular complexity index is 1080. The second kappa shape index (κ2) is 8.30. The molecule has 0 aliphatic carbocycles. The van der Waals surface area contributed by atoms with Crippen LogP contribution < -0.4 is 5.32 Å². The molecule has 1 aromatic carbocycles. The Morgan fingerprint density at radius 1 is 1.25 bits per heavy atom. The van der Waals surface area contributed by atoms with Crippen molar-refractivity contribution in [3.8, 4) is 17.4 Å². The Balaban J connectivity index is 1.84. The molecule has 0 radical (unpaired) electrons. The summed E-state index contributed by atoms with van der Waals surface area (Å²) in [4.78, 5) is 24.9. The molecule has 3 aromatic rings. The van der Waals surface area contributed by atoms with Crippen molar-refractivity contribution in [2.75, 3.05) is 11.9 Å². The van der Waals surface area contributed by atoms with Gasteiger partial charge < -0.3 is 14.5 Å². The minimum absolute atomic E-state index is 0.0811. The number of rotatable bonds is 5. The molecule has 0 atom stereocenters. The molecule has 2 aromatic heterocycles. The fourth-order valence-corrected chi connectivity index (χ4v) is 3.69. The SMILES string of the molecule is CCOC(=O)c1sc(NC(=O)c2ccc(-c3ccc(Cl)cc3)o2)c(C#N)c1C. The topological polar surface area (TPSA) is 92.3 Å². The normalized spacial score (nSPS) is 10.4. The van der Waals surface area contributed by atoms with Gasteiger partial charge in [-0.05, 0) is 55.8 Å². The molecule has 0 saturated carbocycles. The number of hydrogen-bond donors (Lipinski definition) is 1. The van der Waals surface area contributed by atoms with Gasteiger partial charge in [-0.1, -0.05) is 11.6 Å². The predicted octanol–water partition coefficient (Wildman–Crippen LogP) is 5.27. The van der Waals surface area contributed by atoms with Crippen molar-refractivity contribution in [3.63, 3.8) is 0 Å². The fourth-order valence-electron chi connectivity index (χ4n) is 2.52. The summed E-state index contributed by atoms with van der Waals surface area (Å²) < 4.78 is 10.6. The number of benzene rings is 1. The lowest BCUT2D eigenvalue weighted by atomic mass is 10.2. The summed E-state index contributed by atoms with van der Waals surface area (Å²) in [5, 5.41) is 12.9. The van der Waals surface area contributed by atoms with Crippen molar-refractivity contribution in [1.82, 2.24) is 0 Å². The maximum Gasteiger partial charge on any atom is 0.348 e. The van der Waals surface area contributed by atoms with Crippen LogP contribution in [0.25, 0.3) is 11.3 Å². The van der Waals surface area contributed by atoms with Gasteiger partial charge in [0, 0.05) is 10.6 Å². The van der Waals surface area contributed by atoms with E-state index in [1.807, 2.05) is 6.07 Å². The van der Waals surface area contributed by atoms with Gasteiger partial charge in [-0.3, -0.25) is 4.79 Å². The van der Waals surface area contributed by atoms with Crippen LogP contribution in [0.5, 0.6) is 0 Å². The van der Waals surface area contributed by atoms with Gasteiger partial charge in [-0.2, -0.15) is 5.26 Å². The van der Waals surface area contributed by atoms with Crippen LogP contribution in [0.15, 0.2) is 40.8 Å². The number of furan rings is 1. The van der Waals surface area contributed by atoms with E-state index in [-0.39, 0.29) is 27.8 Å². The lowest BCUT2D eigenvalue weighted by molar-refractivity contribution is 0.0531. The van der Waals surface area contributed by atoms with E-state index in [1.54, 1.807) is 44.2 Å². The molecule has 0 aliphatic heterocycles. The molecule has 142 valence electrons. The van der Waals surface area contributed by atoms with Gasteiger partial charge in [-0.25, -0.2) is 4.79 Å². The Labute approximate surface area is 170 Å². The fraction of sp³-hybridized carbons (Fsp3) is 0.150. The third kappa shape index (κ3) is 3.93. The monoisotopic (exact) mass is 414 g/mol. The van der Waals surface area contributed by atoms with Crippen LogP contribution in [0.3, 0.4) is 0 Å². The summed E-state index contributed by atoms with van der Waals surface area (Å²) >= 11 is 6.88. The summed E-state index contributed by atoms with van der Waals surface area (Å²) in [6, 6.07) is 12.2. The summed E-state index contributed by atoms with van der Waals surface area (Å²) in [6.07, 6.45) is 0. The van der Waals surface area contributed by atoms with Crippen molar-refractivity contribution in [1.29, 1.82) is 5.26 Å². The van der Waals surface area contributed by atoms with Gasteiger partial charge in [0.15, 0.2) is 5.76 Å². The van der Waals surface area contributed by atoms with Gasteiger partial charge in [0.2, 0.25) is 0 Å². The number of ether oxygens (including phenoxy) is 1. The lowest BCUT2D eigenvalue weighted by Crippen LogP contribution is -2.10. The summed E-state index contributed by atoms with van der Waals surface area (Å²) in [5.74, 6) is -0.451. The largest absolute Gasteiger partial charge is 0.462 e. The number of nitrogens with one attached hydrogen (secondary N) is 1. The highest BCUT2D eigenvalue weighted by Crippen LogP contribution is 2.33. The van der Waals surface area contributed by atoms with E-state index in [1.165, 1.54) is 6.07 Å². The molecule has 0 saturated heterocycles. The molecule has 1 amide bonds. The molecule has 0 aliphatic rings. The maximum atomic E-state index is 12.6. The molecule has 0 bridgehead atoms. The predicted molar refractivity (Wildman–Crippen MR) is 107 cm³/mol. The Morgan fingerprint density at radius 3 is 2.61 bits per heavy atom. The maximum absolute atomic E-state index is 12.6. The average molecular weight is 415 g/mol. The molecule has 1 N–H and O–H groups in total. The van der Waals surface area contributed by atoms with Gasteiger partial charge >= 0.3 is 5.97 Å². The van der Waals surface area contributed by atoms with Gasteiger partial charge in [0.25, 0.3) is 5.91 Å². The van der Waals surface area contributed by atoms with Crippen LogP contribution in [-0.4, -0.2) is 18.5 Å². The number of carbonyl (C=O) groups is 2. The zero-order valence-corrected chi connectivity index (χ0v) is 16.6. The van der Waals surface area contributed by atoms with E-state index in [0.29, 0.717) is 16.3 Å². The van der Waals surface area contributed by atoms with Crippen LogP contribution in [0.2, 0.25) is 5.02 Å². The number of nitrogens with zero attached hydrogens (tertiary/aromatic N) is 1. The number of anilines is 1. The summed E-state index contributed by atoms with van der Waals surface area (Å²) in [5.41, 5.74) is 1.48. The molecule has 6 nitrogen and oxygen atoms in total. The first-order chi connectivity index (χ1) is 13.4. The zero-order valence-electron chi connectivity index (χ0n) is 15.0. The van der Waals surface area contributed by atoms with Crippen LogP contribution in [0, 0.1) is 18.3 Å². The molecule has 0 spiro atoms. The number of hydrogen-bond acceptors (Lipinski definition) is 6. The standard InChI is InChI=1S/C20H15ClN2O4S/c1-3-26-20(25)17-11(2)14(10-22)19(28-17)23-18(24)16-9-8-15(27-16)12-4-6-13(21)7-5-12/h4-9H,3H2,1-2H3,(H,23,24). The highest BCUT2D eigenvalue weighted by atomic mass is 35.5. The summed E-state index contributed by atoms with van der Waals surface area (Å²) in [7, 11) is 0. The first-order valence-corrected chi connectivity index (χ1v) is 9.51. The van der Waals surface area contributed by atoms with Crippen molar-refractivity contribution >= 4 is 39.8 Å². The van der Waals surface area contributed by atoms with Crippen molar-refractivity contribution in [3.05, 3.63) is 63.2 Å². The summed E-state index contributed by atoms with van der Waals surface area (Å²) in [6.45, 7) is 3.56. The average Bonchev–Trinajstić information content (AvgIpc) is 3.28. The highest BCUT2D eigenvalue weighted by Gasteiger charge is 2.23. The van der Waals surface area contributed by atoms with Crippen molar-refractivity contribution < 1.29 is 18.7 Å². The van der Waals surface area contributed by atoms with E-state index < -0.39 is 11.9 Å². The minimum Gasteiger partial charge on any atom is -0.462 e. The Hall–Kier alpha value is -3.08. The van der Waals surface area contributed by atoms with Crippen molar-refractivity contribution in [2.45, 2.75) is 13.8 Å². The third-order valence-corrected chi connectivity index (χ3v) is 5.34. The molecule has 0 unspecified atom stereocenters. The highest BCUT2D eigenvalue weighted by molar-refractivity contribution is 7.18. The molecule has 3 rings (SSSR count). The van der Waals surface area contributed by atoms with Gasteiger partial charge in [0.05, 0.1) is 12.2 Å². The van der Waals surface area contributed by atoms with E-state index >= 15 is 0 Å². The quantitative estimate of drug-likeness (QED) is 0.574. The molecular formula is C20H15ClN2O4S. The van der Waals surface area contributed by atoms with Crippen LogP contribution in [0.1, 0.15) is 38.3 Å². The van der Waals surface area contributed by atoms with E-state index in [0.717, 1.165) is 16.9 Å². The number of halogens is 1. The van der Waals surface area contributed by atoms with Crippen LogP contribution in [-0.2, 0) is 4.74 Å². The number of amides is 1. The smallest absolute Gasteiger partial charge is 0.348 e. The second-order valence-electron chi connectivity index (χ2n) is 5.72. The minimum atomic E-state index is -0.523. The molecule has 28 heavy (non-hydrogen) atoms. The number of thiophene rings is 1. The molecule has 0 fully saturated rings. The van der Waals surface area contributed by atoms with E-state index in [2.05, 4.69) is 5.32 Å². The van der Waals surface area contributed by atoms with Gasteiger partial charge in [0.1, 0.15) is 21.7 Å². The Morgan fingerprint density at radius 2 is 1.96 bits per heavy atom. The van der Waals surface area contributed by atoms with Gasteiger partial charge in [-0.15, -0.1) is 11.3 Å². The zero-order chi connectivity index (χ0) is 20.3. The number of nitriles is 1. The van der Waals surface area contributed by atoms with E-state index in [9.17, 15) is 14.9 Å². The van der Waals surface area contributed by atoms with Crippen molar-refractivity contribution in [2.24, 2.45) is 0 Å². The molecule has 8 heteroatoms. The first kappa shape index (κ1) is 19.7. The van der Waals surface area contributed by atoms with E-state index in [4.69, 9.17) is 20.8 Å². The lowest BCUT2D eigenvalue weighted by Gasteiger charge is -2.01. The number of carbonyl (C=O) groups excluding carboxylic acids is 2. The third-order valence-electron chi connectivity index (χ3n) is 3.90. The first-order valence-electron chi connectivity index (χ1n) is 8.32.